The molecule has 0 aliphatic carbocycles. The second-order valence-corrected chi connectivity index (χ2v) is 8.87. The number of benzene rings is 1. The summed E-state index contributed by atoms with van der Waals surface area (Å²) in [5.41, 5.74) is 3.69. The monoisotopic (exact) mass is 425 g/mol. The number of nitrogens with zero attached hydrogens (tertiary/aromatic N) is 5. The number of imidazole rings is 1. The van der Waals surface area contributed by atoms with E-state index in [0.717, 1.165) is 34.6 Å². The van der Waals surface area contributed by atoms with E-state index in [2.05, 4.69) is 50.8 Å². The number of aromatic nitrogens is 4. The zero-order valence-electron chi connectivity index (χ0n) is 19.2. The lowest BCUT2D eigenvalue weighted by Gasteiger charge is -2.35. The molecule has 1 aromatic carbocycles. The van der Waals surface area contributed by atoms with Crippen molar-refractivity contribution in [1.82, 2.24) is 23.6 Å². The van der Waals surface area contributed by atoms with Crippen LogP contribution in [-0.2, 0) is 31.9 Å². The molecule has 31 heavy (non-hydrogen) atoms. The molecule has 0 bridgehead atoms. The van der Waals surface area contributed by atoms with Gasteiger partial charge in [0.05, 0.1) is 18.8 Å². The van der Waals surface area contributed by atoms with Gasteiger partial charge in [-0.15, -0.1) is 0 Å². The second kappa shape index (κ2) is 8.09. The summed E-state index contributed by atoms with van der Waals surface area (Å²) in [5, 5.41) is 0. The smallest absolute Gasteiger partial charge is 0.332 e. The summed E-state index contributed by atoms with van der Waals surface area (Å²) in [6.45, 7) is 11.0. The van der Waals surface area contributed by atoms with Crippen molar-refractivity contribution in [2.45, 2.75) is 53.0 Å². The van der Waals surface area contributed by atoms with Crippen molar-refractivity contribution in [3.05, 3.63) is 61.6 Å². The lowest BCUT2D eigenvalue weighted by Crippen LogP contribution is -2.45. The van der Waals surface area contributed by atoms with Crippen molar-refractivity contribution >= 4 is 11.2 Å². The first-order chi connectivity index (χ1) is 14.7. The van der Waals surface area contributed by atoms with E-state index < -0.39 is 0 Å². The van der Waals surface area contributed by atoms with Gasteiger partial charge >= 0.3 is 5.69 Å². The largest absolute Gasteiger partial charge is 0.373 e. The fraction of sp³-hybridized carbons (Fsp3) is 0.522. The van der Waals surface area contributed by atoms with Gasteiger partial charge in [0, 0.05) is 33.7 Å². The van der Waals surface area contributed by atoms with Gasteiger partial charge in [-0.3, -0.25) is 18.8 Å². The summed E-state index contributed by atoms with van der Waals surface area (Å²) in [5.74, 6) is 0.788. The first-order valence-corrected chi connectivity index (χ1v) is 10.7. The summed E-state index contributed by atoms with van der Waals surface area (Å²) < 4.78 is 10.5. The Labute approximate surface area is 181 Å². The van der Waals surface area contributed by atoms with Crippen LogP contribution in [0.15, 0.2) is 27.8 Å². The fourth-order valence-electron chi connectivity index (χ4n) is 4.54. The molecule has 3 aromatic rings. The van der Waals surface area contributed by atoms with E-state index in [1.54, 1.807) is 7.05 Å². The Morgan fingerprint density at radius 1 is 1.03 bits per heavy atom. The lowest BCUT2D eigenvalue weighted by atomic mass is 10.1. The summed E-state index contributed by atoms with van der Waals surface area (Å²) in [7, 11) is 3.19. The summed E-state index contributed by atoms with van der Waals surface area (Å²) in [4.78, 5) is 32.7. The van der Waals surface area contributed by atoms with Crippen molar-refractivity contribution in [3.8, 4) is 0 Å². The van der Waals surface area contributed by atoms with Crippen molar-refractivity contribution < 1.29 is 4.74 Å². The Morgan fingerprint density at radius 2 is 1.71 bits per heavy atom. The Kier molecular flexibility index (Phi) is 5.61. The van der Waals surface area contributed by atoms with E-state index in [1.165, 1.54) is 17.2 Å². The molecule has 2 aromatic heterocycles. The lowest BCUT2D eigenvalue weighted by molar-refractivity contribution is -0.0712. The maximum absolute atomic E-state index is 13.1. The van der Waals surface area contributed by atoms with Crippen molar-refractivity contribution in [3.63, 3.8) is 0 Å². The maximum atomic E-state index is 13.1. The molecule has 1 aliphatic rings. The van der Waals surface area contributed by atoms with Gasteiger partial charge in [-0.05, 0) is 38.8 Å². The minimum Gasteiger partial charge on any atom is -0.373 e. The number of fused-ring (bicyclic) bond motifs is 1. The number of hydrogen-bond acceptors (Lipinski definition) is 5. The van der Waals surface area contributed by atoms with E-state index in [9.17, 15) is 9.59 Å². The Hall–Kier alpha value is -2.71. The van der Waals surface area contributed by atoms with Crippen LogP contribution in [0.5, 0.6) is 0 Å². The van der Waals surface area contributed by atoms with Crippen LogP contribution >= 0.6 is 0 Å². The van der Waals surface area contributed by atoms with Crippen LogP contribution in [-0.4, -0.2) is 48.9 Å². The molecule has 3 heterocycles. The zero-order valence-corrected chi connectivity index (χ0v) is 19.2. The Balaban J connectivity index is 1.88. The third-order valence-electron chi connectivity index (χ3n) is 6.12. The number of hydrogen-bond donors (Lipinski definition) is 0. The van der Waals surface area contributed by atoms with Gasteiger partial charge in [0.2, 0.25) is 0 Å². The molecule has 1 aliphatic heterocycles. The molecule has 0 N–H and O–H groups in total. The van der Waals surface area contributed by atoms with Gasteiger partial charge in [0.15, 0.2) is 11.2 Å². The van der Waals surface area contributed by atoms with Gasteiger partial charge in [-0.1, -0.05) is 23.8 Å². The van der Waals surface area contributed by atoms with Gasteiger partial charge in [-0.2, -0.15) is 0 Å². The van der Waals surface area contributed by atoms with Crippen LogP contribution in [0.25, 0.3) is 11.2 Å². The van der Waals surface area contributed by atoms with Crippen molar-refractivity contribution in [2.75, 3.05) is 13.1 Å². The summed E-state index contributed by atoms with van der Waals surface area (Å²) >= 11 is 0. The van der Waals surface area contributed by atoms with Gasteiger partial charge in [0.1, 0.15) is 5.82 Å². The molecular weight excluding hydrogens is 394 g/mol. The predicted molar refractivity (Wildman–Crippen MR) is 121 cm³/mol. The topological polar surface area (TPSA) is 74.3 Å². The van der Waals surface area contributed by atoms with Gasteiger partial charge in [-0.25, -0.2) is 9.78 Å². The van der Waals surface area contributed by atoms with E-state index in [-0.39, 0.29) is 23.5 Å². The first-order valence-electron chi connectivity index (χ1n) is 10.7. The van der Waals surface area contributed by atoms with E-state index in [4.69, 9.17) is 9.72 Å². The molecule has 8 nitrogen and oxygen atoms in total. The third kappa shape index (κ3) is 3.97. The molecular formula is C23H31N5O3. The molecule has 0 saturated carbocycles. The minimum absolute atomic E-state index is 0.137. The van der Waals surface area contributed by atoms with Crippen LogP contribution in [0.3, 0.4) is 0 Å². The van der Waals surface area contributed by atoms with Gasteiger partial charge < -0.3 is 9.30 Å². The number of ether oxygens (including phenoxy) is 1. The summed E-state index contributed by atoms with van der Waals surface area (Å²) in [6, 6.07) is 6.34. The van der Waals surface area contributed by atoms with Gasteiger partial charge in [0.25, 0.3) is 5.56 Å². The average Bonchev–Trinajstić information content (AvgIpc) is 3.05. The van der Waals surface area contributed by atoms with Crippen molar-refractivity contribution in [1.29, 1.82) is 0 Å². The Bertz CT molecular complexity index is 1240. The second-order valence-electron chi connectivity index (χ2n) is 8.87. The average molecular weight is 426 g/mol. The van der Waals surface area contributed by atoms with Crippen LogP contribution in [0.2, 0.25) is 0 Å². The van der Waals surface area contributed by atoms with Crippen LogP contribution < -0.4 is 11.2 Å². The van der Waals surface area contributed by atoms with Crippen molar-refractivity contribution in [2.24, 2.45) is 14.1 Å². The van der Waals surface area contributed by atoms with Crippen LogP contribution in [0.1, 0.15) is 36.4 Å². The highest BCUT2D eigenvalue weighted by atomic mass is 16.5. The highest BCUT2D eigenvalue weighted by molar-refractivity contribution is 5.71. The quantitative estimate of drug-likeness (QED) is 0.636. The highest BCUT2D eigenvalue weighted by Gasteiger charge is 2.26. The molecule has 1 saturated heterocycles. The SMILES string of the molecule is Cc1ccc(C)c(Cn2c(CN3C[C@@H](C)O[C@@H](C)C3)nc3c2c(=O)n(C)c(=O)n3C)c1. The first kappa shape index (κ1) is 21.5. The molecule has 0 unspecified atom stereocenters. The summed E-state index contributed by atoms with van der Waals surface area (Å²) in [6.07, 6.45) is 0.274. The van der Waals surface area contributed by atoms with Crippen LogP contribution in [0.4, 0.5) is 0 Å². The fourth-order valence-corrected chi connectivity index (χ4v) is 4.54. The standard InChI is InChI=1S/C23H31N5O3/c1-14-7-8-15(2)18(9-14)12-28-19(13-27-10-16(3)31-17(4)11-27)24-21-20(28)22(29)26(6)23(30)25(21)5/h7-9,16-17H,10-13H2,1-6H3/t16-,17+. The molecule has 4 rings (SSSR count). The molecule has 0 amide bonds. The van der Waals surface area contributed by atoms with E-state index >= 15 is 0 Å². The third-order valence-corrected chi connectivity index (χ3v) is 6.12. The number of morpholine rings is 1. The van der Waals surface area contributed by atoms with Crippen LogP contribution in [0, 0.1) is 13.8 Å². The normalized spacial score (nSPS) is 19.9. The zero-order chi connectivity index (χ0) is 22.4. The molecule has 2 atom stereocenters. The maximum Gasteiger partial charge on any atom is 0.332 e. The molecule has 166 valence electrons. The number of rotatable bonds is 4. The minimum atomic E-state index is -0.367. The van der Waals surface area contributed by atoms with E-state index in [1.807, 2.05) is 4.57 Å². The van der Waals surface area contributed by atoms with E-state index in [0.29, 0.717) is 24.3 Å². The predicted octanol–water partition coefficient (Wildman–Crippen LogP) is 1.71. The molecule has 0 spiro atoms. The Morgan fingerprint density at radius 3 is 2.39 bits per heavy atom. The molecule has 8 heteroatoms. The highest BCUT2D eigenvalue weighted by Crippen LogP contribution is 2.20. The molecule has 1 fully saturated rings. The molecule has 0 radical (unpaired) electrons. The number of aryl methyl sites for hydroxylation is 3.